The van der Waals surface area contributed by atoms with Crippen LogP contribution in [0.15, 0.2) is 12.7 Å². The van der Waals surface area contributed by atoms with Gasteiger partial charge in [-0.25, -0.2) is 9.59 Å². The molecule has 0 aliphatic carbocycles. The van der Waals surface area contributed by atoms with Crippen LogP contribution in [0, 0.1) is 0 Å². The Morgan fingerprint density at radius 3 is 2.24 bits per heavy atom. The number of aliphatic hydroxyl groups is 1. The van der Waals surface area contributed by atoms with E-state index in [1.807, 2.05) is 0 Å². The predicted octanol–water partition coefficient (Wildman–Crippen LogP) is 0.903. The lowest BCUT2D eigenvalue weighted by atomic mass is 9.97. The van der Waals surface area contributed by atoms with Crippen LogP contribution >= 0.6 is 0 Å². The molecule has 17 heavy (non-hydrogen) atoms. The lowest BCUT2D eigenvalue weighted by Gasteiger charge is -2.29. The molecule has 0 aliphatic rings. The van der Waals surface area contributed by atoms with Crippen LogP contribution in [-0.2, 0) is 9.53 Å². The zero-order valence-corrected chi connectivity index (χ0v) is 10.3. The maximum absolute atomic E-state index is 11.5. The second-order valence-corrected chi connectivity index (χ2v) is 4.67. The third-order valence-electron chi connectivity index (χ3n) is 1.91. The minimum absolute atomic E-state index is 0.0991. The lowest BCUT2D eigenvalue weighted by molar-refractivity contribution is -0.146. The Morgan fingerprint density at radius 2 is 1.94 bits per heavy atom. The van der Waals surface area contributed by atoms with Crippen molar-refractivity contribution >= 4 is 12.1 Å². The van der Waals surface area contributed by atoms with Gasteiger partial charge in [0, 0.05) is 6.42 Å². The van der Waals surface area contributed by atoms with Crippen LogP contribution in [0.1, 0.15) is 27.2 Å². The van der Waals surface area contributed by atoms with Crippen molar-refractivity contribution in [2.45, 2.75) is 38.3 Å². The minimum Gasteiger partial charge on any atom is -0.479 e. The van der Waals surface area contributed by atoms with E-state index in [1.165, 1.54) is 6.08 Å². The summed E-state index contributed by atoms with van der Waals surface area (Å²) in [4.78, 5) is 22.5. The monoisotopic (exact) mass is 245 g/mol. The molecule has 98 valence electrons. The molecule has 1 amide bonds. The summed E-state index contributed by atoms with van der Waals surface area (Å²) in [6, 6.07) is 0. The first-order valence-electron chi connectivity index (χ1n) is 5.13. The molecule has 0 unspecified atom stereocenters. The van der Waals surface area contributed by atoms with Gasteiger partial charge in [-0.2, -0.15) is 0 Å². The van der Waals surface area contributed by atoms with E-state index in [1.54, 1.807) is 20.8 Å². The topological polar surface area (TPSA) is 95.9 Å². The normalized spacial score (nSPS) is 14.6. The lowest BCUT2D eigenvalue weighted by Crippen LogP contribution is -2.57. The number of alkyl carbamates (subject to hydrolysis) is 1. The van der Waals surface area contributed by atoms with Crippen molar-refractivity contribution in [3.8, 4) is 0 Å². The summed E-state index contributed by atoms with van der Waals surface area (Å²) >= 11 is 0. The van der Waals surface area contributed by atoms with Gasteiger partial charge in [0.25, 0.3) is 0 Å². The molecule has 0 heterocycles. The summed E-state index contributed by atoms with van der Waals surface area (Å²) < 4.78 is 4.93. The van der Waals surface area contributed by atoms with Crippen molar-refractivity contribution in [1.82, 2.24) is 5.32 Å². The molecule has 0 saturated carbocycles. The van der Waals surface area contributed by atoms with Crippen LogP contribution in [0.5, 0.6) is 0 Å². The van der Waals surface area contributed by atoms with Crippen molar-refractivity contribution < 1.29 is 24.5 Å². The number of nitrogens with one attached hydrogen (secondary N) is 1. The molecule has 0 aromatic rings. The first-order chi connectivity index (χ1) is 7.67. The maximum atomic E-state index is 11.5. The molecular weight excluding hydrogens is 226 g/mol. The summed E-state index contributed by atoms with van der Waals surface area (Å²) in [6.07, 6.45) is 0.315. The molecule has 0 aromatic carbocycles. The summed E-state index contributed by atoms with van der Waals surface area (Å²) in [5.41, 5.74) is -2.53. The average Bonchev–Trinajstić information content (AvgIpc) is 2.13. The number of carboxylic acid groups (broad SMARTS) is 1. The number of rotatable bonds is 5. The standard InChI is InChI=1S/C11H19NO5/c1-5-6-11(7-13,8(14)15)12-9(16)17-10(2,3)4/h5,13H,1,6-7H2,2-4H3,(H,12,16)(H,14,15)/t11-/m0/s1. The van der Waals surface area contributed by atoms with Crippen LogP contribution < -0.4 is 5.32 Å². The van der Waals surface area contributed by atoms with E-state index < -0.39 is 29.8 Å². The molecule has 1 atom stereocenters. The van der Waals surface area contributed by atoms with E-state index in [9.17, 15) is 9.59 Å². The largest absolute Gasteiger partial charge is 0.479 e. The van der Waals surface area contributed by atoms with Gasteiger partial charge in [0.2, 0.25) is 0 Å². The van der Waals surface area contributed by atoms with Gasteiger partial charge in [-0.15, -0.1) is 6.58 Å². The zero-order chi connectivity index (χ0) is 13.7. The number of ether oxygens (including phenoxy) is 1. The first-order valence-corrected chi connectivity index (χ1v) is 5.13. The highest BCUT2D eigenvalue weighted by Crippen LogP contribution is 2.14. The van der Waals surface area contributed by atoms with E-state index >= 15 is 0 Å². The third-order valence-corrected chi connectivity index (χ3v) is 1.91. The SMILES string of the molecule is C=CC[C@@](CO)(NC(=O)OC(C)(C)C)C(=O)O. The highest BCUT2D eigenvalue weighted by atomic mass is 16.6. The molecule has 0 rings (SSSR count). The maximum Gasteiger partial charge on any atom is 0.408 e. The number of hydrogen-bond donors (Lipinski definition) is 3. The summed E-state index contributed by atoms with van der Waals surface area (Å²) in [5, 5.41) is 20.3. The molecule has 0 saturated heterocycles. The van der Waals surface area contributed by atoms with E-state index in [4.69, 9.17) is 14.9 Å². The van der Waals surface area contributed by atoms with Gasteiger partial charge in [-0.3, -0.25) is 0 Å². The van der Waals surface area contributed by atoms with E-state index in [-0.39, 0.29) is 6.42 Å². The van der Waals surface area contributed by atoms with Crippen molar-refractivity contribution in [1.29, 1.82) is 0 Å². The number of carbonyl (C=O) groups is 2. The number of aliphatic hydroxyl groups excluding tert-OH is 1. The summed E-state index contributed by atoms with van der Waals surface area (Å²) in [5.74, 6) is -1.34. The Hall–Kier alpha value is -1.56. The molecule has 0 spiro atoms. The zero-order valence-electron chi connectivity index (χ0n) is 10.3. The quantitative estimate of drug-likeness (QED) is 0.625. The highest BCUT2D eigenvalue weighted by Gasteiger charge is 2.39. The number of aliphatic carboxylic acids is 1. The number of carbonyl (C=O) groups excluding carboxylic acids is 1. The second-order valence-electron chi connectivity index (χ2n) is 4.67. The van der Waals surface area contributed by atoms with Crippen LogP contribution in [0.25, 0.3) is 0 Å². The van der Waals surface area contributed by atoms with Gasteiger partial charge in [0.1, 0.15) is 5.60 Å². The van der Waals surface area contributed by atoms with Crippen LogP contribution in [0.3, 0.4) is 0 Å². The minimum atomic E-state index is -1.79. The Morgan fingerprint density at radius 1 is 1.41 bits per heavy atom. The molecule has 6 heteroatoms. The molecule has 0 fully saturated rings. The van der Waals surface area contributed by atoms with Crippen molar-refractivity contribution in [3.63, 3.8) is 0 Å². The Labute approximate surface area is 100 Å². The van der Waals surface area contributed by atoms with Gasteiger partial charge < -0.3 is 20.3 Å². The van der Waals surface area contributed by atoms with E-state index in [0.717, 1.165) is 0 Å². The fourth-order valence-corrected chi connectivity index (χ4v) is 1.11. The molecule has 0 radical (unpaired) electrons. The molecule has 0 aliphatic heterocycles. The van der Waals surface area contributed by atoms with Gasteiger partial charge in [-0.05, 0) is 20.8 Å². The predicted molar refractivity (Wildman–Crippen MR) is 61.6 cm³/mol. The van der Waals surface area contributed by atoms with Crippen LogP contribution in [0.4, 0.5) is 4.79 Å². The molecular formula is C11H19NO5. The molecule has 0 bridgehead atoms. The molecule has 0 aromatic heterocycles. The average molecular weight is 245 g/mol. The van der Waals surface area contributed by atoms with Crippen LogP contribution in [0.2, 0.25) is 0 Å². The van der Waals surface area contributed by atoms with Gasteiger partial charge >= 0.3 is 12.1 Å². The number of carboxylic acids is 1. The Bertz CT molecular complexity index is 307. The van der Waals surface area contributed by atoms with E-state index in [2.05, 4.69) is 11.9 Å². The van der Waals surface area contributed by atoms with Crippen molar-refractivity contribution in [3.05, 3.63) is 12.7 Å². The smallest absolute Gasteiger partial charge is 0.408 e. The van der Waals surface area contributed by atoms with Gasteiger partial charge in [-0.1, -0.05) is 6.08 Å². The van der Waals surface area contributed by atoms with Gasteiger partial charge in [0.05, 0.1) is 6.61 Å². The molecule has 3 N–H and O–H groups in total. The van der Waals surface area contributed by atoms with Crippen molar-refractivity contribution in [2.24, 2.45) is 0 Å². The summed E-state index contributed by atoms with van der Waals surface area (Å²) in [7, 11) is 0. The fourth-order valence-electron chi connectivity index (χ4n) is 1.11. The Balaban J connectivity index is 4.81. The molecule has 6 nitrogen and oxygen atoms in total. The Kier molecular flexibility index (Phi) is 5.15. The second kappa shape index (κ2) is 5.67. The fraction of sp³-hybridized carbons (Fsp3) is 0.636. The van der Waals surface area contributed by atoms with Crippen LogP contribution in [-0.4, -0.2) is 40.0 Å². The third kappa shape index (κ3) is 4.86. The van der Waals surface area contributed by atoms with E-state index in [0.29, 0.717) is 0 Å². The van der Waals surface area contributed by atoms with Gasteiger partial charge in [0.15, 0.2) is 5.54 Å². The number of hydrogen-bond acceptors (Lipinski definition) is 4. The summed E-state index contributed by atoms with van der Waals surface area (Å²) in [6.45, 7) is 7.61. The first kappa shape index (κ1) is 15.4. The highest BCUT2D eigenvalue weighted by molar-refractivity contribution is 5.84. The number of amides is 1. The van der Waals surface area contributed by atoms with Crippen molar-refractivity contribution in [2.75, 3.05) is 6.61 Å².